The van der Waals surface area contributed by atoms with E-state index in [0.29, 0.717) is 13.2 Å². The van der Waals surface area contributed by atoms with Crippen LogP contribution in [0.25, 0.3) is 0 Å². The Morgan fingerprint density at radius 1 is 1.53 bits per heavy atom. The second-order valence-corrected chi connectivity index (χ2v) is 3.98. The summed E-state index contributed by atoms with van der Waals surface area (Å²) in [6.45, 7) is 7.57. The molecule has 2 unspecified atom stereocenters. The third-order valence-electron chi connectivity index (χ3n) is 1.94. The molecule has 0 aromatic carbocycles. The molecule has 0 saturated carbocycles. The minimum Gasteiger partial charge on any atom is -0.373 e. The van der Waals surface area contributed by atoms with Gasteiger partial charge in [-0.1, -0.05) is 6.08 Å². The van der Waals surface area contributed by atoms with Crippen molar-refractivity contribution in [2.24, 2.45) is 0 Å². The molecule has 2 N–H and O–H groups in total. The highest BCUT2D eigenvalue weighted by atomic mass is 32.1. The van der Waals surface area contributed by atoms with Crippen LogP contribution in [0.2, 0.25) is 0 Å². The maximum Gasteiger partial charge on any atom is 0.243 e. The highest BCUT2D eigenvalue weighted by molar-refractivity contribution is 7.80. The minimum atomic E-state index is -0.609. The lowest BCUT2D eigenvalue weighted by Crippen LogP contribution is -2.48. The van der Waals surface area contributed by atoms with E-state index in [1.54, 1.807) is 6.08 Å². The lowest BCUT2D eigenvalue weighted by Gasteiger charge is -2.17. The zero-order valence-electron chi connectivity index (χ0n) is 10.2. The zero-order chi connectivity index (χ0) is 13.3. The largest absolute Gasteiger partial charge is 0.373 e. The lowest BCUT2D eigenvalue weighted by molar-refractivity contribution is -0.127. The van der Waals surface area contributed by atoms with Crippen LogP contribution in [0.4, 0.5) is 0 Å². The van der Waals surface area contributed by atoms with E-state index in [1.807, 2.05) is 6.92 Å². The summed E-state index contributed by atoms with van der Waals surface area (Å²) in [4.78, 5) is 22.5. The zero-order valence-corrected chi connectivity index (χ0v) is 11.1. The first-order chi connectivity index (χ1) is 8.01. The molecule has 0 aromatic heterocycles. The fraction of sp³-hybridized carbons (Fsp3) is 0.636. The Balaban J connectivity index is 3.96. The van der Waals surface area contributed by atoms with Gasteiger partial charge in [-0.05, 0) is 6.92 Å². The van der Waals surface area contributed by atoms with Crippen molar-refractivity contribution in [1.29, 1.82) is 0 Å². The second kappa shape index (κ2) is 9.07. The van der Waals surface area contributed by atoms with Gasteiger partial charge < -0.3 is 15.4 Å². The average molecular weight is 260 g/mol. The van der Waals surface area contributed by atoms with E-state index < -0.39 is 6.04 Å². The van der Waals surface area contributed by atoms with E-state index in [0.717, 1.165) is 0 Å². The van der Waals surface area contributed by atoms with E-state index in [9.17, 15) is 9.59 Å². The van der Waals surface area contributed by atoms with Gasteiger partial charge in [0.1, 0.15) is 6.04 Å². The van der Waals surface area contributed by atoms with E-state index in [4.69, 9.17) is 4.74 Å². The first-order valence-electron chi connectivity index (χ1n) is 5.39. The Labute approximate surface area is 107 Å². The maximum absolute atomic E-state index is 11.6. The van der Waals surface area contributed by atoms with E-state index in [2.05, 4.69) is 29.8 Å². The molecule has 0 aliphatic heterocycles. The first kappa shape index (κ1) is 16.0. The standard InChI is InChI=1S/C11H20N2O3S/c1-4-5-16-8(2)6-12-11(15)10(7-17)13-9(3)14/h4,8,10,17H,1,5-7H2,2-3H3,(H,12,15)(H,13,14). The Bertz CT molecular complexity index is 271. The minimum absolute atomic E-state index is 0.102. The molecule has 0 rings (SSSR count). The summed E-state index contributed by atoms with van der Waals surface area (Å²) in [5.41, 5.74) is 0. The van der Waals surface area contributed by atoms with Crippen molar-refractivity contribution in [1.82, 2.24) is 10.6 Å². The van der Waals surface area contributed by atoms with Crippen molar-refractivity contribution in [2.75, 3.05) is 18.9 Å². The maximum atomic E-state index is 11.6. The molecule has 0 fully saturated rings. The van der Waals surface area contributed by atoms with Gasteiger partial charge in [-0.25, -0.2) is 0 Å². The lowest BCUT2D eigenvalue weighted by atomic mass is 10.3. The molecule has 0 aliphatic carbocycles. The topological polar surface area (TPSA) is 67.4 Å². The smallest absolute Gasteiger partial charge is 0.243 e. The molecular formula is C11H20N2O3S. The molecule has 0 bridgehead atoms. The van der Waals surface area contributed by atoms with Crippen LogP contribution in [0.5, 0.6) is 0 Å². The number of rotatable bonds is 8. The van der Waals surface area contributed by atoms with Crippen molar-refractivity contribution in [3.63, 3.8) is 0 Å². The molecule has 2 atom stereocenters. The van der Waals surface area contributed by atoms with Crippen LogP contribution < -0.4 is 10.6 Å². The molecule has 0 spiro atoms. The van der Waals surface area contributed by atoms with Gasteiger partial charge in [-0.2, -0.15) is 12.6 Å². The number of ether oxygens (including phenoxy) is 1. The molecule has 0 saturated heterocycles. The predicted molar refractivity (Wildman–Crippen MR) is 70.1 cm³/mol. The van der Waals surface area contributed by atoms with Crippen molar-refractivity contribution in [3.8, 4) is 0 Å². The summed E-state index contributed by atoms with van der Waals surface area (Å²) >= 11 is 4.01. The van der Waals surface area contributed by atoms with Crippen LogP contribution >= 0.6 is 12.6 Å². The molecule has 0 heterocycles. The molecule has 0 radical (unpaired) electrons. The number of nitrogens with one attached hydrogen (secondary N) is 2. The number of hydrogen-bond acceptors (Lipinski definition) is 4. The fourth-order valence-electron chi connectivity index (χ4n) is 1.10. The molecular weight excluding hydrogens is 240 g/mol. The van der Waals surface area contributed by atoms with Gasteiger partial charge in [0.25, 0.3) is 0 Å². The van der Waals surface area contributed by atoms with Crippen molar-refractivity contribution in [2.45, 2.75) is 26.0 Å². The summed E-state index contributed by atoms with van der Waals surface area (Å²) in [5.74, 6) is -0.257. The van der Waals surface area contributed by atoms with Crippen LogP contribution in [0, 0.1) is 0 Å². The van der Waals surface area contributed by atoms with Gasteiger partial charge in [0.05, 0.1) is 12.7 Å². The van der Waals surface area contributed by atoms with Gasteiger partial charge >= 0.3 is 0 Å². The third-order valence-corrected chi connectivity index (χ3v) is 2.30. The Hall–Kier alpha value is -1.01. The van der Waals surface area contributed by atoms with Crippen LogP contribution in [0.15, 0.2) is 12.7 Å². The number of carbonyl (C=O) groups excluding carboxylic acids is 2. The summed E-state index contributed by atoms with van der Waals surface area (Å²) in [6, 6.07) is -0.609. The summed E-state index contributed by atoms with van der Waals surface area (Å²) < 4.78 is 5.30. The van der Waals surface area contributed by atoms with Crippen LogP contribution in [-0.4, -0.2) is 42.9 Å². The van der Waals surface area contributed by atoms with Crippen molar-refractivity contribution >= 4 is 24.4 Å². The van der Waals surface area contributed by atoms with E-state index in [-0.39, 0.29) is 23.7 Å². The highest BCUT2D eigenvalue weighted by Gasteiger charge is 2.17. The van der Waals surface area contributed by atoms with E-state index in [1.165, 1.54) is 6.92 Å². The monoisotopic (exact) mass is 260 g/mol. The average Bonchev–Trinajstić information content (AvgIpc) is 2.29. The van der Waals surface area contributed by atoms with Gasteiger partial charge in [-0.3, -0.25) is 9.59 Å². The Morgan fingerprint density at radius 3 is 2.65 bits per heavy atom. The van der Waals surface area contributed by atoms with Crippen LogP contribution in [-0.2, 0) is 14.3 Å². The highest BCUT2D eigenvalue weighted by Crippen LogP contribution is 1.92. The van der Waals surface area contributed by atoms with Gasteiger partial charge in [0.15, 0.2) is 0 Å². The number of amides is 2. The summed E-state index contributed by atoms with van der Waals surface area (Å²) in [6.07, 6.45) is 1.54. The fourth-order valence-corrected chi connectivity index (χ4v) is 1.36. The molecule has 0 aliphatic rings. The Morgan fingerprint density at radius 2 is 2.18 bits per heavy atom. The number of carbonyl (C=O) groups is 2. The second-order valence-electron chi connectivity index (χ2n) is 3.61. The number of thiol groups is 1. The van der Waals surface area contributed by atoms with Crippen LogP contribution in [0.3, 0.4) is 0 Å². The van der Waals surface area contributed by atoms with Crippen molar-refractivity contribution in [3.05, 3.63) is 12.7 Å². The third kappa shape index (κ3) is 7.82. The SMILES string of the molecule is C=CCOC(C)CNC(=O)C(CS)NC(C)=O. The normalized spacial score (nSPS) is 13.6. The molecule has 6 heteroatoms. The van der Waals surface area contributed by atoms with Gasteiger partial charge in [0.2, 0.25) is 11.8 Å². The van der Waals surface area contributed by atoms with E-state index >= 15 is 0 Å². The molecule has 17 heavy (non-hydrogen) atoms. The number of hydrogen-bond donors (Lipinski definition) is 3. The van der Waals surface area contributed by atoms with Crippen LogP contribution in [0.1, 0.15) is 13.8 Å². The first-order valence-corrected chi connectivity index (χ1v) is 6.02. The van der Waals surface area contributed by atoms with Gasteiger partial charge in [-0.15, -0.1) is 6.58 Å². The predicted octanol–water partition coefficient (Wildman–Crippen LogP) is 0.128. The molecule has 0 aromatic rings. The van der Waals surface area contributed by atoms with Crippen molar-refractivity contribution < 1.29 is 14.3 Å². The molecule has 2 amide bonds. The summed E-state index contributed by atoms with van der Waals surface area (Å²) in [7, 11) is 0. The Kier molecular flexibility index (Phi) is 8.53. The molecule has 98 valence electrons. The quantitative estimate of drug-likeness (QED) is 0.429. The summed E-state index contributed by atoms with van der Waals surface area (Å²) in [5, 5.41) is 5.20. The van der Waals surface area contributed by atoms with Gasteiger partial charge in [0, 0.05) is 19.2 Å². The molecule has 5 nitrogen and oxygen atoms in total.